The van der Waals surface area contributed by atoms with Gasteiger partial charge in [0.25, 0.3) is 0 Å². The zero-order valence-electron chi connectivity index (χ0n) is 16.3. The van der Waals surface area contributed by atoms with Gasteiger partial charge in [-0.25, -0.2) is 0 Å². The molecule has 0 radical (unpaired) electrons. The van der Waals surface area contributed by atoms with Crippen LogP contribution in [0.5, 0.6) is 0 Å². The minimum atomic E-state index is -2.50. The zero-order chi connectivity index (χ0) is 17.8. The molecule has 0 fully saturated rings. The summed E-state index contributed by atoms with van der Waals surface area (Å²) in [6.45, 7) is 7.14. The summed E-state index contributed by atoms with van der Waals surface area (Å²) in [5.74, 6) is 0. The molecule has 0 amide bonds. The molecule has 24 heavy (non-hydrogen) atoms. The number of unbranched alkanes of at least 4 members (excludes halogenated alkanes) is 3. The summed E-state index contributed by atoms with van der Waals surface area (Å²) in [5, 5.41) is 10.9. The molecule has 0 saturated heterocycles. The van der Waals surface area contributed by atoms with Crippen molar-refractivity contribution in [2.75, 3.05) is 6.61 Å². The van der Waals surface area contributed by atoms with Crippen molar-refractivity contribution in [3.05, 3.63) is 20.3 Å². The van der Waals surface area contributed by atoms with Gasteiger partial charge in [-0.05, 0) is 0 Å². The van der Waals surface area contributed by atoms with Crippen LogP contribution in [-0.2, 0) is 0 Å². The Balaban J connectivity index is 3.27. The fourth-order valence-electron chi connectivity index (χ4n) is 4.22. The van der Waals surface area contributed by atoms with E-state index in [0.717, 1.165) is 17.9 Å². The molecular weight excluding hydrogens is 422 g/mol. The first kappa shape index (κ1) is 22.6. The molecule has 0 aromatic heterocycles. The second-order valence-corrected chi connectivity index (χ2v) is 21.1. The molecule has 0 bridgehead atoms. The van der Waals surface area contributed by atoms with E-state index in [9.17, 15) is 5.11 Å². The molecule has 1 N–H and O–H groups in total. The predicted molar refractivity (Wildman–Crippen MR) is 111 cm³/mol. The van der Waals surface area contributed by atoms with Crippen LogP contribution in [0, 0.1) is 0 Å². The molecule has 1 nitrogen and oxygen atoms in total. The molecule has 0 atom stereocenters. The fraction of sp³-hybridized carbons (Fsp3) is 0.810. The SMILES string of the molecule is CCC[CH2][Sn]([CH2]CCC)([CH2]CCC)/[C](=C/CO)C1=C(Cl)CCCC1. The summed E-state index contributed by atoms with van der Waals surface area (Å²) >= 11 is 4.21. The van der Waals surface area contributed by atoms with Gasteiger partial charge in [0.1, 0.15) is 0 Å². The molecule has 0 aromatic carbocycles. The third kappa shape index (κ3) is 6.68. The summed E-state index contributed by atoms with van der Waals surface area (Å²) in [6, 6.07) is 0. The van der Waals surface area contributed by atoms with E-state index >= 15 is 0 Å². The Morgan fingerprint density at radius 1 is 0.958 bits per heavy atom. The predicted octanol–water partition coefficient (Wildman–Crippen LogP) is 7.36. The van der Waals surface area contributed by atoms with Crippen LogP contribution in [0.15, 0.2) is 20.3 Å². The van der Waals surface area contributed by atoms with Crippen molar-refractivity contribution in [1.29, 1.82) is 0 Å². The van der Waals surface area contributed by atoms with Crippen molar-refractivity contribution in [3.8, 4) is 0 Å². The fourth-order valence-corrected chi connectivity index (χ4v) is 22.2. The van der Waals surface area contributed by atoms with Gasteiger partial charge in [0.2, 0.25) is 0 Å². The van der Waals surface area contributed by atoms with Crippen LogP contribution < -0.4 is 0 Å². The van der Waals surface area contributed by atoms with Gasteiger partial charge in [-0.2, -0.15) is 0 Å². The average molecular weight is 462 g/mol. The van der Waals surface area contributed by atoms with Crippen molar-refractivity contribution < 1.29 is 5.11 Å². The van der Waals surface area contributed by atoms with E-state index in [1.165, 1.54) is 70.2 Å². The molecule has 1 aliphatic carbocycles. The first-order valence-electron chi connectivity index (χ1n) is 10.3. The topological polar surface area (TPSA) is 20.2 Å². The van der Waals surface area contributed by atoms with E-state index in [-0.39, 0.29) is 6.61 Å². The zero-order valence-corrected chi connectivity index (χ0v) is 19.9. The Morgan fingerprint density at radius 2 is 1.46 bits per heavy atom. The maximum absolute atomic E-state index is 9.78. The van der Waals surface area contributed by atoms with Crippen molar-refractivity contribution >= 4 is 30.0 Å². The van der Waals surface area contributed by atoms with Crippen molar-refractivity contribution in [2.45, 2.75) is 98.3 Å². The molecule has 0 saturated carbocycles. The van der Waals surface area contributed by atoms with Crippen molar-refractivity contribution in [1.82, 2.24) is 0 Å². The van der Waals surface area contributed by atoms with E-state index in [1.807, 2.05) is 0 Å². The summed E-state index contributed by atoms with van der Waals surface area (Å²) in [6.07, 6.45) is 14.8. The summed E-state index contributed by atoms with van der Waals surface area (Å²) < 4.78 is 5.96. The van der Waals surface area contributed by atoms with E-state index in [0.29, 0.717) is 0 Å². The summed E-state index contributed by atoms with van der Waals surface area (Å²) in [5.41, 5.74) is 1.47. The van der Waals surface area contributed by atoms with Gasteiger partial charge in [0.15, 0.2) is 0 Å². The molecular formula is C21H39ClOSn. The Morgan fingerprint density at radius 3 is 1.88 bits per heavy atom. The van der Waals surface area contributed by atoms with E-state index < -0.39 is 18.4 Å². The van der Waals surface area contributed by atoms with Gasteiger partial charge in [-0.15, -0.1) is 0 Å². The molecule has 140 valence electrons. The number of hydrogen-bond acceptors (Lipinski definition) is 1. The Labute approximate surface area is 159 Å². The van der Waals surface area contributed by atoms with Gasteiger partial charge in [0, 0.05) is 0 Å². The minimum absolute atomic E-state index is 0.187. The molecule has 0 spiro atoms. The van der Waals surface area contributed by atoms with Crippen LogP contribution in [0.3, 0.4) is 0 Å². The molecule has 3 heteroatoms. The van der Waals surface area contributed by atoms with E-state index in [1.54, 1.807) is 3.59 Å². The number of aliphatic hydroxyl groups is 1. The van der Waals surface area contributed by atoms with Crippen molar-refractivity contribution in [3.63, 3.8) is 0 Å². The van der Waals surface area contributed by atoms with Gasteiger partial charge in [0.05, 0.1) is 0 Å². The van der Waals surface area contributed by atoms with E-state index in [2.05, 4.69) is 26.8 Å². The number of aliphatic hydroxyl groups excluding tert-OH is 1. The molecule has 0 aliphatic heterocycles. The second kappa shape index (κ2) is 12.8. The van der Waals surface area contributed by atoms with Crippen LogP contribution >= 0.6 is 11.6 Å². The summed E-state index contributed by atoms with van der Waals surface area (Å²) in [4.78, 5) is 0. The molecule has 0 unspecified atom stereocenters. The van der Waals surface area contributed by atoms with Gasteiger partial charge in [-0.1, -0.05) is 0 Å². The quantitative estimate of drug-likeness (QED) is 0.301. The number of allylic oxidation sites excluding steroid dienone is 3. The Kier molecular flexibility index (Phi) is 12.0. The van der Waals surface area contributed by atoms with E-state index in [4.69, 9.17) is 11.6 Å². The monoisotopic (exact) mass is 462 g/mol. The third-order valence-electron chi connectivity index (χ3n) is 5.62. The molecule has 1 aliphatic rings. The normalized spacial score (nSPS) is 16.8. The van der Waals surface area contributed by atoms with Crippen LogP contribution in [0.4, 0.5) is 0 Å². The number of halogens is 1. The third-order valence-corrected chi connectivity index (χ3v) is 22.0. The second-order valence-electron chi connectivity index (χ2n) is 7.48. The van der Waals surface area contributed by atoms with Crippen LogP contribution in [0.25, 0.3) is 0 Å². The summed E-state index contributed by atoms with van der Waals surface area (Å²) in [7, 11) is 0. The molecule has 0 heterocycles. The van der Waals surface area contributed by atoms with Crippen molar-refractivity contribution in [2.24, 2.45) is 0 Å². The molecule has 0 aromatic rings. The van der Waals surface area contributed by atoms with Gasteiger partial charge >= 0.3 is 160 Å². The standard InChI is InChI=1S/C9H12ClO.3C4H9.Sn/c10-9-6-2-1-4-8(9)5-3-7-11;3*1-3-4-2;/h3,11H,1-2,4,6-7H2;3*1,3-4H2,2H3;. The van der Waals surface area contributed by atoms with Gasteiger partial charge < -0.3 is 0 Å². The Hall–Kier alpha value is 0.529. The number of hydrogen-bond donors (Lipinski definition) is 1. The average Bonchev–Trinajstić information content (AvgIpc) is 2.60. The van der Waals surface area contributed by atoms with Crippen LogP contribution in [0.1, 0.15) is 85.0 Å². The first-order chi connectivity index (χ1) is 11.6. The first-order valence-corrected chi connectivity index (χ1v) is 18.2. The van der Waals surface area contributed by atoms with Crippen LogP contribution in [0.2, 0.25) is 13.3 Å². The van der Waals surface area contributed by atoms with Crippen LogP contribution in [-0.4, -0.2) is 30.1 Å². The number of rotatable bonds is 12. The molecule has 1 rings (SSSR count). The van der Waals surface area contributed by atoms with Gasteiger partial charge in [-0.3, -0.25) is 0 Å². The Bertz CT molecular complexity index is 392. The maximum atomic E-state index is 9.78.